The number of hydrogen-bond donors (Lipinski definition) is 2. The molecule has 0 amide bonds. The van der Waals surface area contributed by atoms with Gasteiger partial charge in [-0.15, -0.1) is 0 Å². The molecule has 12 heteroatoms. The quantitative estimate of drug-likeness (QED) is 0.350. The van der Waals surface area contributed by atoms with Crippen molar-refractivity contribution in [2.45, 2.75) is 65.5 Å². The van der Waals surface area contributed by atoms with E-state index in [1.807, 2.05) is 0 Å². The Morgan fingerprint density at radius 1 is 1.00 bits per heavy atom. The Bertz CT molecular complexity index is 1510. The van der Waals surface area contributed by atoms with Crippen LogP contribution in [-0.4, -0.2) is 56.0 Å². The molecule has 40 heavy (non-hydrogen) atoms. The molecule has 0 bridgehead atoms. The predicted octanol–water partition coefficient (Wildman–Crippen LogP) is 2.48. The fourth-order valence-corrected chi connectivity index (χ4v) is 4.98. The van der Waals surface area contributed by atoms with Gasteiger partial charge in [0.2, 0.25) is 5.78 Å². The SMILES string of the molecule is CC(=O)O[C@@H]1c2c3c(n(C#N)c2[C@H](OC(=O)C(C)C)[C@](C)(O)[C@H]1OC(=O)C(C)C)C(=O)c1c(O)cccc1C3=O. The molecule has 2 aliphatic rings. The summed E-state index contributed by atoms with van der Waals surface area (Å²) in [7, 11) is 0. The van der Waals surface area contributed by atoms with Gasteiger partial charge in [-0.1, -0.05) is 39.8 Å². The molecule has 0 saturated heterocycles. The van der Waals surface area contributed by atoms with Crippen LogP contribution in [0.25, 0.3) is 0 Å². The minimum absolute atomic E-state index is 0.180. The lowest BCUT2D eigenvalue weighted by molar-refractivity contribution is -0.225. The third-order valence-electron chi connectivity index (χ3n) is 6.93. The van der Waals surface area contributed by atoms with E-state index in [4.69, 9.17) is 14.2 Å². The van der Waals surface area contributed by atoms with Crippen LogP contribution in [0, 0.1) is 23.3 Å². The van der Waals surface area contributed by atoms with Crippen molar-refractivity contribution in [2.75, 3.05) is 0 Å². The average molecular weight is 553 g/mol. The van der Waals surface area contributed by atoms with E-state index in [-0.39, 0.29) is 27.9 Å². The van der Waals surface area contributed by atoms with Gasteiger partial charge in [0.05, 0.1) is 28.7 Å². The monoisotopic (exact) mass is 552 g/mol. The van der Waals surface area contributed by atoms with Gasteiger partial charge in [0.25, 0.3) is 0 Å². The number of benzene rings is 1. The second-order valence-corrected chi connectivity index (χ2v) is 10.6. The summed E-state index contributed by atoms with van der Waals surface area (Å²) in [6.07, 6.45) is -3.37. The van der Waals surface area contributed by atoms with Crippen molar-refractivity contribution >= 4 is 29.5 Å². The van der Waals surface area contributed by atoms with E-state index in [9.17, 15) is 39.4 Å². The number of ether oxygens (including phenoxy) is 3. The number of rotatable bonds is 5. The zero-order valence-electron chi connectivity index (χ0n) is 22.7. The minimum atomic E-state index is -2.32. The smallest absolute Gasteiger partial charge is 0.309 e. The van der Waals surface area contributed by atoms with Crippen LogP contribution in [-0.2, 0) is 28.6 Å². The first-order valence-electron chi connectivity index (χ1n) is 12.6. The molecule has 0 spiro atoms. The molecule has 4 atom stereocenters. The summed E-state index contributed by atoms with van der Waals surface area (Å²) in [5, 5.41) is 32.5. The number of carbonyl (C=O) groups excluding carboxylic acids is 5. The van der Waals surface area contributed by atoms with Gasteiger partial charge in [-0.25, -0.2) is 4.57 Å². The maximum absolute atomic E-state index is 13.9. The molecule has 1 aromatic heterocycles. The molecule has 1 aromatic carbocycles. The lowest BCUT2D eigenvalue weighted by Gasteiger charge is -2.45. The number of nitrogens with zero attached hydrogens (tertiary/aromatic N) is 2. The number of aromatic nitrogens is 1. The van der Waals surface area contributed by atoms with Gasteiger partial charge in [-0.3, -0.25) is 24.0 Å². The number of esters is 3. The van der Waals surface area contributed by atoms with Crippen LogP contribution in [0.5, 0.6) is 5.75 Å². The summed E-state index contributed by atoms with van der Waals surface area (Å²) in [6, 6.07) is 3.86. The van der Waals surface area contributed by atoms with E-state index < -0.39 is 76.7 Å². The topological polar surface area (TPSA) is 182 Å². The molecule has 2 aliphatic carbocycles. The second kappa shape index (κ2) is 9.91. The third kappa shape index (κ3) is 4.23. The Labute approximate surface area is 229 Å². The molecule has 1 heterocycles. The fraction of sp³-hybridized carbons (Fsp3) is 0.429. The third-order valence-corrected chi connectivity index (χ3v) is 6.93. The molecule has 210 valence electrons. The summed E-state index contributed by atoms with van der Waals surface area (Å²) < 4.78 is 17.5. The van der Waals surface area contributed by atoms with Crippen LogP contribution in [0.4, 0.5) is 0 Å². The van der Waals surface area contributed by atoms with Gasteiger partial charge in [0.1, 0.15) is 17.0 Å². The zero-order valence-corrected chi connectivity index (χ0v) is 22.7. The van der Waals surface area contributed by atoms with Crippen LogP contribution < -0.4 is 0 Å². The van der Waals surface area contributed by atoms with Crippen LogP contribution in [0.1, 0.15) is 97.0 Å². The first kappa shape index (κ1) is 28.5. The highest BCUT2D eigenvalue weighted by Crippen LogP contribution is 2.52. The average Bonchev–Trinajstić information content (AvgIpc) is 3.21. The lowest BCUT2D eigenvalue weighted by atomic mass is 9.75. The van der Waals surface area contributed by atoms with Crippen molar-refractivity contribution in [1.82, 2.24) is 4.57 Å². The number of carbonyl (C=O) groups is 5. The molecule has 2 N–H and O–H groups in total. The first-order chi connectivity index (χ1) is 18.6. The number of aliphatic hydroxyl groups is 1. The highest BCUT2D eigenvalue weighted by atomic mass is 16.6. The number of hydrogen-bond acceptors (Lipinski definition) is 11. The molecule has 0 saturated carbocycles. The normalized spacial score (nSPS) is 23.1. The minimum Gasteiger partial charge on any atom is -0.507 e. The number of phenolic OH excluding ortho intramolecular Hbond substituents is 1. The Kier molecular flexibility index (Phi) is 7.06. The van der Waals surface area contributed by atoms with Gasteiger partial charge < -0.3 is 24.4 Å². The predicted molar refractivity (Wildman–Crippen MR) is 134 cm³/mol. The van der Waals surface area contributed by atoms with Crippen LogP contribution >= 0.6 is 0 Å². The van der Waals surface area contributed by atoms with Crippen molar-refractivity contribution in [2.24, 2.45) is 11.8 Å². The molecule has 0 aliphatic heterocycles. The van der Waals surface area contributed by atoms with Crippen molar-refractivity contribution < 1.29 is 48.4 Å². The van der Waals surface area contributed by atoms with Crippen molar-refractivity contribution in [3.63, 3.8) is 0 Å². The molecular formula is C28H28N2O10. The molecule has 0 fully saturated rings. The molecule has 2 aromatic rings. The van der Waals surface area contributed by atoms with Crippen LogP contribution in [0.2, 0.25) is 0 Å². The Balaban J connectivity index is 2.13. The van der Waals surface area contributed by atoms with Gasteiger partial charge in [0, 0.05) is 18.1 Å². The van der Waals surface area contributed by atoms with E-state index in [0.29, 0.717) is 0 Å². The van der Waals surface area contributed by atoms with Gasteiger partial charge in [0.15, 0.2) is 30.3 Å². The Morgan fingerprint density at radius 2 is 1.60 bits per heavy atom. The number of fused-ring (bicyclic) bond motifs is 4. The Hall–Kier alpha value is -4.50. The van der Waals surface area contributed by atoms with Crippen LogP contribution in [0.15, 0.2) is 18.2 Å². The lowest BCUT2D eigenvalue weighted by Crippen LogP contribution is -2.56. The highest BCUT2D eigenvalue weighted by molar-refractivity contribution is 6.29. The van der Waals surface area contributed by atoms with E-state index in [1.54, 1.807) is 6.19 Å². The van der Waals surface area contributed by atoms with Crippen molar-refractivity contribution in [3.8, 4) is 11.9 Å². The Morgan fingerprint density at radius 3 is 2.15 bits per heavy atom. The standard InChI is InChI=1S/C28H28N2O10/c1-11(2)26(35)39-24-20-18(23(38-13(5)31)25(28(24,6)37)40-27(36)12(3)4)17-19(30(20)10-29)22(34)16-14(21(17)33)8-7-9-15(16)32/h7-9,11-12,23-25,32,37H,1-6H3/t23-,24+,25+,28+/m1/s1. The maximum Gasteiger partial charge on any atom is 0.309 e. The summed E-state index contributed by atoms with van der Waals surface area (Å²) in [4.78, 5) is 65.4. The van der Waals surface area contributed by atoms with Gasteiger partial charge >= 0.3 is 17.9 Å². The maximum atomic E-state index is 13.9. The molecular weight excluding hydrogens is 524 g/mol. The van der Waals surface area contributed by atoms with Crippen molar-refractivity contribution in [3.05, 3.63) is 51.8 Å². The molecule has 4 rings (SSSR count). The summed E-state index contributed by atoms with van der Waals surface area (Å²) in [6.45, 7) is 8.33. The second-order valence-electron chi connectivity index (χ2n) is 10.6. The molecule has 12 nitrogen and oxygen atoms in total. The largest absolute Gasteiger partial charge is 0.507 e. The van der Waals surface area contributed by atoms with E-state index >= 15 is 0 Å². The van der Waals surface area contributed by atoms with Crippen LogP contribution in [0.3, 0.4) is 0 Å². The number of nitriles is 1. The number of ketones is 2. The van der Waals surface area contributed by atoms with E-state index in [0.717, 1.165) is 11.5 Å². The highest BCUT2D eigenvalue weighted by Gasteiger charge is 2.60. The van der Waals surface area contributed by atoms with Gasteiger partial charge in [-0.05, 0) is 13.0 Å². The zero-order chi connectivity index (χ0) is 29.8. The first-order valence-corrected chi connectivity index (χ1v) is 12.6. The van der Waals surface area contributed by atoms with E-state index in [2.05, 4.69) is 0 Å². The fourth-order valence-electron chi connectivity index (χ4n) is 4.98. The number of phenols is 1. The summed E-state index contributed by atoms with van der Waals surface area (Å²) >= 11 is 0. The number of aromatic hydroxyl groups is 1. The van der Waals surface area contributed by atoms with Crippen molar-refractivity contribution in [1.29, 1.82) is 5.26 Å². The summed E-state index contributed by atoms with van der Waals surface area (Å²) in [5.41, 5.74) is -4.23. The van der Waals surface area contributed by atoms with E-state index in [1.165, 1.54) is 52.8 Å². The molecule has 0 unspecified atom stereocenters. The van der Waals surface area contributed by atoms with Gasteiger partial charge in [-0.2, -0.15) is 5.26 Å². The molecule has 0 radical (unpaired) electrons. The summed E-state index contributed by atoms with van der Waals surface area (Å²) in [5.74, 6) is -6.09.